The Labute approximate surface area is 107 Å². The fraction of sp³-hybridized carbons (Fsp3) is 0.571. The Hall–Kier alpha value is -0.500. The summed E-state index contributed by atoms with van der Waals surface area (Å²) in [5.74, 6) is 0. The van der Waals surface area contributed by atoms with Crippen molar-refractivity contribution in [3.8, 4) is 0 Å². The minimum Gasteiger partial charge on any atom is -0.369 e. The molecule has 16 heavy (non-hydrogen) atoms. The summed E-state index contributed by atoms with van der Waals surface area (Å²) in [6, 6.07) is 7.55. The largest absolute Gasteiger partial charge is 0.369 e. The molecule has 0 saturated carbocycles. The molecule has 1 fully saturated rings. The Kier molecular flexibility index (Phi) is 3.91. The third-order valence-corrected chi connectivity index (χ3v) is 4.21. The molecular formula is C14H20BrN. The monoisotopic (exact) mass is 281 g/mol. The van der Waals surface area contributed by atoms with Crippen LogP contribution in [0.2, 0.25) is 0 Å². The van der Waals surface area contributed by atoms with Crippen LogP contribution in [0.5, 0.6) is 0 Å². The molecule has 0 spiro atoms. The zero-order valence-corrected chi connectivity index (χ0v) is 11.8. The van der Waals surface area contributed by atoms with Crippen LogP contribution < -0.4 is 4.90 Å². The molecule has 1 atom stereocenters. The van der Waals surface area contributed by atoms with Crippen LogP contribution in [-0.2, 0) is 5.33 Å². The molecule has 1 aliphatic rings. The van der Waals surface area contributed by atoms with E-state index < -0.39 is 0 Å². The fourth-order valence-electron chi connectivity index (χ4n) is 2.49. The van der Waals surface area contributed by atoms with E-state index in [9.17, 15) is 0 Å². The third-order valence-electron chi connectivity index (χ3n) is 3.60. The van der Waals surface area contributed by atoms with Gasteiger partial charge in [0.15, 0.2) is 0 Å². The lowest BCUT2D eigenvalue weighted by Gasteiger charge is -2.35. The molecule has 0 N–H and O–H groups in total. The highest BCUT2D eigenvalue weighted by Crippen LogP contribution is 2.26. The number of hydrogen-bond acceptors (Lipinski definition) is 1. The second kappa shape index (κ2) is 5.22. The van der Waals surface area contributed by atoms with Gasteiger partial charge in [0.2, 0.25) is 0 Å². The first-order valence-electron chi connectivity index (χ1n) is 6.14. The number of halogens is 1. The molecule has 1 heterocycles. The molecule has 1 aromatic carbocycles. The lowest BCUT2D eigenvalue weighted by Crippen LogP contribution is -2.37. The molecule has 1 unspecified atom stereocenters. The number of hydrogen-bond donors (Lipinski definition) is 0. The van der Waals surface area contributed by atoms with Gasteiger partial charge in [-0.05, 0) is 56.4 Å². The lowest BCUT2D eigenvalue weighted by atomic mass is 10.0. The molecule has 0 amide bonds. The van der Waals surface area contributed by atoms with Crippen molar-refractivity contribution in [3.05, 3.63) is 29.3 Å². The Balaban J connectivity index is 2.22. The van der Waals surface area contributed by atoms with Crippen LogP contribution in [0.1, 0.15) is 37.3 Å². The van der Waals surface area contributed by atoms with Crippen molar-refractivity contribution in [1.82, 2.24) is 0 Å². The van der Waals surface area contributed by atoms with Crippen LogP contribution >= 0.6 is 15.9 Å². The molecule has 88 valence electrons. The van der Waals surface area contributed by atoms with E-state index in [-0.39, 0.29) is 0 Å². The highest BCUT2D eigenvalue weighted by atomic mass is 79.9. The molecule has 0 aromatic heterocycles. The number of piperidine rings is 1. The van der Waals surface area contributed by atoms with E-state index in [0.717, 1.165) is 5.33 Å². The average molecular weight is 282 g/mol. The van der Waals surface area contributed by atoms with Crippen LogP contribution in [0.15, 0.2) is 18.2 Å². The van der Waals surface area contributed by atoms with Gasteiger partial charge in [0.05, 0.1) is 0 Å². The molecule has 1 aromatic rings. The maximum atomic E-state index is 3.53. The molecule has 1 aliphatic heterocycles. The van der Waals surface area contributed by atoms with Crippen LogP contribution in [0.3, 0.4) is 0 Å². The Morgan fingerprint density at radius 1 is 1.38 bits per heavy atom. The van der Waals surface area contributed by atoms with Gasteiger partial charge in [-0.15, -0.1) is 0 Å². The Morgan fingerprint density at radius 3 is 2.81 bits per heavy atom. The summed E-state index contributed by atoms with van der Waals surface area (Å²) < 4.78 is 0. The number of rotatable bonds is 2. The van der Waals surface area contributed by atoms with Crippen LogP contribution in [0.25, 0.3) is 0 Å². The number of anilines is 1. The second-order valence-electron chi connectivity index (χ2n) is 4.78. The van der Waals surface area contributed by atoms with Crippen LogP contribution in [0.4, 0.5) is 5.69 Å². The highest BCUT2D eigenvalue weighted by molar-refractivity contribution is 9.08. The molecule has 0 radical (unpaired) electrons. The third kappa shape index (κ3) is 2.42. The van der Waals surface area contributed by atoms with Crippen molar-refractivity contribution in [2.45, 2.75) is 44.5 Å². The summed E-state index contributed by atoms with van der Waals surface area (Å²) in [7, 11) is 0. The van der Waals surface area contributed by atoms with Gasteiger partial charge in [-0.1, -0.05) is 22.0 Å². The lowest BCUT2D eigenvalue weighted by molar-refractivity contribution is 0.485. The number of nitrogens with zero attached hydrogens (tertiary/aromatic N) is 1. The predicted molar refractivity (Wildman–Crippen MR) is 74.5 cm³/mol. The van der Waals surface area contributed by atoms with E-state index in [1.807, 2.05) is 0 Å². The number of aryl methyl sites for hydroxylation is 1. The van der Waals surface area contributed by atoms with E-state index in [4.69, 9.17) is 0 Å². The van der Waals surface area contributed by atoms with E-state index in [1.54, 1.807) is 0 Å². The van der Waals surface area contributed by atoms with Gasteiger partial charge in [0.25, 0.3) is 0 Å². The van der Waals surface area contributed by atoms with E-state index in [2.05, 4.69) is 52.9 Å². The topological polar surface area (TPSA) is 3.24 Å². The zero-order chi connectivity index (χ0) is 11.5. The van der Waals surface area contributed by atoms with Gasteiger partial charge in [-0.3, -0.25) is 0 Å². The van der Waals surface area contributed by atoms with Crippen molar-refractivity contribution in [3.63, 3.8) is 0 Å². The normalized spacial score (nSPS) is 21.2. The zero-order valence-electron chi connectivity index (χ0n) is 10.2. The molecule has 0 aliphatic carbocycles. The van der Waals surface area contributed by atoms with Crippen molar-refractivity contribution in [2.75, 3.05) is 11.4 Å². The van der Waals surface area contributed by atoms with Crippen molar-refractivity contribution in [2.24, 2.45) is 0 Å². The first-order chi connectivity index (χ1) is 7.72. The van der Waals surface area contributed by atoms with Crippen molar-refractivity contribution in [1.29, 1.82) is 0 Å². The van der Waals surface area contributed by atoms with Gasteiger partial charge < -0.3 is 4.90 Å². The fourth-order valence-corrected chi connectivity index (χ4v) is 3.12. The van der Waals surface area contributed by atoms with Crippen LogP contribution in [0, 0.1) is 6.92 Å². The average Bonchev–Trinajstić information content (AvgIpc) is 2.29. The molecule has 2 heteroatoms. The summed E-state index contributed by atoms with van der Waals surface area (Å²) in [4.78, 5) is 2.55. The molecule has 1 nitrogen and oxygen atoms in total. The quantitative estimate of drug-likeness (QED) is 0.732. The first kappa shape index (κ1) is 12.0. The molecule has 2 rings (SSSR count). The summed E-state index contributed by atoms with van der Waals surface area (Å²) >= 11 is 3.53. The minimum absolute atomic E-state index is 0.697. The SMILES string of the molecule is Cc1cc(N2CCCCC2C)ccc1CBr. The number of alkyl halides is 1. The summed E-state index contributed by atoms with van der Waals surface area (Å²) in [5, 5.41) is 0.953. The highest BCUT2D eigenvalue weighted by Gasteiger charge is 2.18. The predicted octanol–water partition coefficient (Wildman–Crippen LogP) is 4.27. The van der Waals surface area contributed by atoms with E-state index >= 15 is 0 Å². The van der Waals surface area contributed by atoms with E-state index in [1.165, 1.54) is 42.6 Å². The van der Waals surface area contributed by atoms with Gasteiger partial charge in [0.1, 0.15) is 0 Å². The van der Waals surface area contributed by atoms with Crippen molar-refractivity contribution < 1.29 is 0 Å². The standard InChI is InChI=1S/C14H20BrN/c1-11-9-14(7-6-13(11)10-15)16-8-4-3-5-12(16)2/h6-7,9,12H,3-5,8,10H2,1-2H3. The summed E-state index contributed by atoms with van der Waals surface area (Å²) in [6.07, 6.45) is 4.05. The van der Waals surface area contributed by atoms with E-state index in [0.29, 0.717) is 6.04 Å². The van der Waals surface area contributed by atoms with Gasteiger partial charge in [-0.25, -0.2) is 0 Å². The van der Waals surface area contributed by atoms with Gasteiger partial charge >= 0.3 is 0 Å². The van der Waals surface area contributed by atoms with Gasteiger partial charge in [-0.2, -0.15) is 0 Å². The number of benzene rings is 1. The Morgan fingerprint density at radius 2 is 2.19 bits per heavy atom. The maximum absolute atomic E-state index is 3.53. The molecule has 1 saturated heterocycles. The van der Waals surface area contributed by atoms with Gasteiger partial charge in [0, 0.05) is 23.6 Å². The van der Waals surface area contributed by atoms with Crippen LogP contribution in [-0.4, -0.2) is 12.6 Å². The molecule has 0 bridgehead atoms. The summed E-state index contributed by atoms with van der Waals surface area (Å²) in [5.41, 5.74) is 4.19. The first-order valence-corrected chi connectivity index (χ1v) is 7.26. The summed E-state index contributed by atoms with van der Waals surface area (Å²) in [6.45, 7) is 5.76. The second-order valence-corrected chi connectivity index (χ2v) is 5.34. The Bertz CT molecular complexity index is 362. The molecular weight excluding hydrogens is 262 g/mol. The minimum atomic E-state index is 0.697. The maximum Gasteiger partial charge on any atom is 0.0371 e. The van der Waals surface area contributed by atoms with Crippen molar-refractivity contribution >= 4 is 21.6 Å². The smallest absolute Gasteiger partial charge is 0.0371 e.